The Morgan fingerprint density at radius 2 is 2.12 bits per heavy atom. The maximum Gasteiger partial charge on any atom is 0.337 e. The molecule has 0 aliphatic rings. The summed E-state index contributed by atoms with van der Waals surface area (Å²) in [5.74, 6) is -0.426. The van der Waals surface area contributed by atoms with E-state index in [9.17, 15) is 9.36 Å². The molecule has 0 saturated carbocycles. The molecule has 1 heterocycles. The number of Topliss-reactive ketones (excluding diaryl/α,β-unsaturated/α-hetero) is 1. The third-order valence-electron chi connectivity index (χ3n) is 2.06. The van der Waals surface area contributed by atoms with Crippen molar-refractivity contribution in [3.05, 3.63) is 16.9 Å². The third kappa shape index (κ3) is 2.71. The SMILES string of the molecule is COP(=O)(CC(=O)c1cnn(C)c1Cl)OC. The van der Waals surface area contributed by atoms with Gasteiger partial charge in [-0.2, -0.15) is 5.10 Å². The maximum absolute atomic E-state index is 11.7. The highest BCUT2D eigenvalue weighted by atomic mass is 35.5. The van der Waals surface area contributed by atoms with Gasteiger partial charge in [0.1, 0.15) is 11.3 Å². The van der Waals surface area contributed by atoms with E-state index in [1.165, 1.54) is 25.1 Å². The van der Waals surface area contributed by atoms with Gasteiger partial charge in [0.15, 0.2) is 5.78 Å². The molecular weight excluding hydrogens is 255 g/mol. The zero-order chi connectivity index (χ0) is 12.3. The van der Waals surface area contributed by atoms with Crippen LogP contribution in [0.15, 0.2) is 6.20 Å². The second-order valence-corrected chi connectivity index (χ2v) is 5.66. The Kier molecular flexibility index (Phi) is 4.27. The Morgan fingerprint density at radius 3 is 2.50 bits per heavy atom. The monoisotopic (exact) mass is 266 g/mol. The highest BCUT2D eigenvalue weighted by Crippen LogP contribution is 2.46. The molecule has 0 fully saturated rings. The highest BCUT2D eigenvalue weighted by molar-refractivity contribution is 7.54. The molecule has 90 valence electrons. The van der Waals surface area contributed by atoms with Crippen LogP contribution in [0.3, 0.4) is 0 Å². The lowest BCUT2D eigenvalue weighted by Gasteiger charge is -2.11. The average molecular weight is 267 g/mol. The normalized spacial score (nSPS) is 11.8. The summed E-state index contributed by atoms with van der Waals surface area (Å²) in [4.78, 5) is 11.7. The molecule has 0 aromatic carbocycles. The number of ketones is 1. The Bertz CT molecular complexity index is 437. The number of aryl methyl sites for hydroxylation is 1. The van der Waals surface area contributed by atoms with Gasteiger partial charge in [-0.3, -0.25) is 14.0 Å². The van der Waals surface area contributed by atoms with Crippen molar-refractivity contribution >= 4 is 25.0 Å². The summed E-state index contributed by atoms with van der Waals surface area (Å²) >= 11 is 5.83. The summed E-state index contributed by atoms with van der Waals surface area (Å²) in [6, 6.07) is 0. The van der Waals surface area contributed by atoms with Crippen molar-refractivity contribution in [3.8, 4) is 0 Å². The number of aromatic nitrogens is 2. The molecular formula is C8H12ClN2O4P. The second kappa shape index (κ2) is 5.10. The molecule has 0 atom stereocenters. The van der Waals surface area contributed by atoms with Gasteiger partial charge >= 0.3 is 7.60 Å². The lowest BCUT2D eigenvalue weighted by Crippen LogP contribution is -2.08. The highest BCUT2D eigenvalue weighted by Gasteiger charge is 2.28. The van der Waals surface area contributed by atoms with Crippen molar-refractivity contribution in [2.24, 2.45) is 7.05 Å². The molecule has 16 heavy (non-hydrogen) atoms. The minimum Gasteiger partial charge on any atom is -0.312 e. The fourth-order valence-corrected chi connectivity index (χ4v) is 2.20. The van der Waals surface area contributed by atoms with Crippen LogP contribution in [-0.2, 0) is 20.7 Å². The number of carbonyl (C=O) groups excluding carboxylic acids is 1. The molecule has 0 bridgehead atoms. The van der Waals surface area contributed by atoms with Crippen LogP contribution in [0.4, 0.5) is 0 Å². The first-order chi connectivity index (χ1) is 7.43. The largest absolute Gasteiger partial charge is 0.337 e. The van der Waals surface area contributed by atoms with Gasteiger partial charge in [0.05, 0.1) is 11.8 Å². The minimum atomic E-state index is -3.36. The van der Waals surface area contributed by atoms with Crippen LogP contribution < -0.4 is 0 Å². The van der Waals surface area contributed by atoms with E-state index in [1.54, 1.807) is 7.05 Å². The number of hydrogen-bond acceptors (Lipinski definition) is 5. The summed E-state index contributed by atoms with van der Waals surface area (Å²) < 4.78 is 22.4. The van der Waals surface area contributed by atoms with Crippen LogP contribution in [0, 0.1) is 0 Å². The molecule has 0 saturated heterocycles. The lowest BCUT2D eigenvalue weighted by molar-refractivity contribution is 0.101. The lowest BCUT2D eigenvalue weighted by atomic mass is 10.3. The summed E-state index contributed by atoms with van der Waals surface area (Å²) in [7, 11) is 0.693. The van der Waals surface area contributed by atoms with Crippen LogP contribution in [0.2, 0.25) is 5.15 Å². The van der Waals surface area contributed by atoms with Crippen LogP contribution >= 0.6 is 19.2 Å². The van der Waals surface area contributed by atoms with Crippen molar-refractivity contribution in [1.29, 1.82) is 0 Å². The van der Waals surface area contributed by atoms with Gasteiger partial charge in [-0.1, -0.05) is 11.6 Å². The van der Waals surface area contributed by atoms with E-state index in [-0.39, 0.29) is 16.9 Å². The number of hydrogen-bond donors (Lipinski definition) is 0. The molecule has 0 aliphatic heterocycles. The summed E-state index contributed by atoms with van der Waals surface area (Å²) in [5, 5.41) is 4.01. The molecule has 0 unspecified atom stereocenters. The third-order valence-corrected chi connectivity index (χ3v) is 4.30. The van der Waals surface area contributed by atoms with Crippen molar-refractivity contribution in [1.82, 2.24) is 9.78 Å². The van der Waals surface area contributed by atoms with E-state index in [1.807, 2.05) is 0 Å². The molecule has 0 spiro atoms. The first kappa shape index (κ1) is 13.4. The summed E-state index contributed by atoms with van der Waals surface area (Å²) in [5.41, 5.74) is 0.207. The predicted molar refractivity (Wildman–Crippen MR) is 59.0 cm³/mol. The van der Waals surface area contributed by atoms with Crippen molar-refractivity contribution in [2.75, 3.05) is 20.4 Å². The number of nitrogens with zero attached hydrogens (tertiary/aromatic N) is 2. The van der Waals surface area contributed by atoms with Gasteiger partial charge < -0.3 is 9.05 Å². The molecule has 1 aromatic rings. The Hall–Kier alpha value is -0.680. The standard InChI is InChI=1S/C8H12ClN2O4P/c1-11-8(9)6(4-10-11)7(12)5-16(13,14-2)15-3/h4H,5H2,1-3H3. The van der Waals surface area contributed by atoms with Crippen LogP contribution in [-0.4, -0.2) is 35.9 Å². The molecule has 0 radical (unpaired) electrons. The van der Waals surface area contributed by atoms with Gasteiger partial charge in [-0.25, -0.2) is 0 Å². The van der Waals surface area contributed by atoms with Gasteiger partial charge in [-0.15, -0.1) is 0 Å². The maximum atomic E-state index is 11.7. The topological polar surface area (TPSA) is 70.4 Å². The fourth-order valence-electron chi connectivity index (χ4n) is 1.07. The molecule has 6 nitrogen and oxygen atoms in total. The second-order valence-electron chi connectivity index (χ2n) is 3.03. The molecule has 8 heteroatoms. The van der Waals surface area contributed by atoms with Crippen LogP contribution in [0.5, 0.6) is 0 Å². The Balaban J connectivity index is 2.89. The van der Waals surface area contributed by atoms with Gasteiger partial charge in [0.2, 0.25) is 0 Å². The van der Waals surface area contributed by atoms with E-state index in [2.05, 4.69) is 14.1 Å². The molecule has 0 amide bonds. The van der Waals surface area contributed by atoms with E-state index in [0.717, 1.165) is 0 Å². The molecule has 1 rings (SSSR count). The Labute approximate surface area is 98.0 Å². The quantitative estimate of drug-likeness (QED) is 0.600. The van der Waals surface area contributed by atoms with Gasteiger partial charge in [0.25, 0.3) is 0 Å². The fraction of sp³-hybridized carbons (Fsp3) is 0.500. The summed E-state index contributed by atoms with van der Waals surface area (Å²) in [6.45, 7) is 0. The zero-order valence-electron chi connectivity index (χ0n) is 9.14. The van der Waals surface area contributed by atoms with Gasteiger partial charge in [0, 0.05) is 21.3 Å². The van der Waals surface area contributed by atoms with Crippen molar-refractivity contribution < 1.29 is 18.4 Å². The van der Waals surface area contributed by atoms with Crippen molar-refractivity contribution in [3.63, 3.8) is 0 Å². The van der Waals surface area contributed by atoms with E-state index >= 15 is 0 Å². The molecule has 0 N–H and O–H groups in total. The predicted octanol–water partition coefficient (Wildman–Crippen LogP) is 1.74. The van der Waals surface area contributed by atoms with E-state index < -0.39 is 13.4 Å². The number of rotatable bonds is 5. The number of halogens is 1. The minimum absolute atomic E-state index is 0.198. The first-order valence-electron chi connectivity index (χ1n) is 4.34. The van der Waals surface area contributed by atoms with Crippen LogP contribution in [0.1, 0.15) is 10.4 Å². The summed E-state index contributed by atoms with van der Waals surface area (Å²) in [6.07, 6.45) is 0.964. The molecule has 0 aliphatic carbocycles. The van der Waals surface area contributed by atoms with Crippen LogP contribution in [0.25, 0.3) is 0 Å². The number of carbonyl (C=O) groups is 1. The smallest absolute Gasteiger partial charge is 0.312 e. The van der Waals surface area contributed by atoms with E-state index in [4.69, 9.17) is 11.6 Å². The Morgan fingerprint density at radius 1 is 1.56 bits per heavy atom. The first-order valence-corrected chi connectivity index (χ1v) is 6.45. The van der Waals surface area contributed by atoms with E-state index in [0.29, 0.717) is 0 Å². The zero-order valence-corrected chi connectivity index (χ0v) is 10.8. The molecule has 1 aromatic heterocycles. The van der Waals surface area contributed by atoms with Crippen molar-refractivity contribution in [2.45, 2.75) is 0 Å². The average Bonchev–Trinajstić information content (AvgIpc) is 2.59. The van der Waals surface area contributed by atoms with Gasteiger partial charge in [-0.05, 0) is 0 Å².